The number of morpholine rings is 1. The second kappa shape index (κ2) is 8.18. The van der Waals surface area contributed by atoms with Gasteiger partial charge in [-0.3, -0.25) is 4.79 Å². The molecule has 0 bridgehead atoms. The van der Waals surface area contributed by atoms with Gasteiger partial charge in [0.25, 0.3) is 0 Å². The smallest absolute Gasteiger partial charge is 0.241 e. The Balaban J connectivity index is 1.61. The largest absolute Gasteiger partial charge is 0.370 e. The molecule has 2 aromatic carbocycles. The minimum atomic E-state index is -3.80. The Kier molecular flexibility index (Phi) is 5.93. The van der Waals surface area contributed by atoms with Crippen LogP contribution in [0, 0.1) is 0 Å². The normalized spacial score (nSPS) is 17.9. The third-order valence-corrected chi connectivity index (χ3v) is 5.74. The fourth-order valence-corrected chi connectivity index (χ4v) is 4.01. The Morgan fingerprint density at radius 2 is 1.96 bits per heavy atom. The molecule has 1 N–H and O–H groups in total. The Hall–Kier alpha value is -1.93. The second-order valence-corrected chi connectivity index (χ2v) is 8.10. The molecule has 26 heavy (non-hydrogen) atoms. The molecule has 0 aliphatic carbocycles. The van der Waals surface area contributed by atoms with Crippen LogP contribution in [0.15, 0.2) is 59.5 Å². The summed E-state index contributed by atoms with van der Waals surface area (Å²) in [5.41, 5.74) is 0.990. The number of ether oxygens (including phenoxy) is 1. The van der Waals surface area contributed by atoms with E-state index in [-0.39, 0.29) is 23.5 Å². The predicted octanol–water partition coefficient (Wildman–Crippen LogP) is 2.22. The van der Waals surface area contributed by atoms with Gasteiger partial charge >= 0.3 is 0 Å². The van der Waals surface area contributed by atoms with Gasteiger partial charge in [0.15, 0.2) is 0 Å². The highest BCUT2D eigenvalue weighted by molar-refractivity contribution is 7.89. The maximum absolute atomic E-state index is 12.4. The molecule has 3 rings (SSSR count). The van der Waals surface area contributed by atoms with Gasteiger partial charge in [0.05, 0.1) is 24.6 Å². The van der Waals surface area contributed by atoms with Gasteiger partial charge in [0, 0.05) is 11.6 Å². The zero-order valence-corrected chi connectivity index (χ0v) is 15.5. The van der Waals surface area contributed by atoms with E-state index in [1.807, 2.05) is 30.3 Å². The molecule has 0 spiro atoms. The summed E-state index contributed by atoms with van der Waals surface area (Å²) in [4.78, 5) is 14.1. The van der Waals surface area contributed by atoms with E-state index >= 15 is 0 Å². The van der Waals surface area contributed by atoms with Crippen molar-refractivity contribution < 1.29 is 17.9 Å². The quantitative estimate of drug-likeness (QED) is 0.843. The monoisotopic (exact) mass is 394 g/mol. The molecule has 1 fully saturated rings. The molecule has 8 heteroatoms. The van der Waals surface area contributed by atoms with E-state index in [0.717, 1.165) is 5.56 Å². The third kappa shape index (κ3) is 4.62. The summed E-state index contributed by atoms with van der Waals surface area (Å²) in [5, 5.41) is 0.318. The van der Waals surface area contributed by atoms with Crippen LogP contribution in [0.3, 0.4) is 0 Å². The molecule has 1 heterocycles. The van der Waals surface area contributed by atoms with Gasteiger partial charge < -0.3 is 9.64 Å². The Morgan fingerprint density at radius 1 is 1.19 bits per heavy atom. The number of carbonyl (C=O) groups is 1. The maximum atomic E-state index is 12.4. The summed E-state index contributed by atoms with van der Waals surface area (Å²) in [6.45, 7) is 0.922. The Labute approximate surface area is 157 Å². The lowest BCUT2D eigenvalue weighted by Crippen LogP contribution is -2.46. The zero-order chi connectivity index (χ0) is 18.6. The minimum absolute atomic E-state index is 0.0296. The van der Waals surface area contributed by atoms with Gasteiger partial charge in [0.1, 0.15) is 6.10 Å². The summed E-state index contributed by atoms with van der Waals surface area (Å²) in [5.74, 6) is -0.292. The summed E-state index contributed by atoms with van der Waals surface area (Å²) >= 11 is 5.83. The third-order valence-electron chi connectivity index (χ3n) is 4.11. The van der Waals surface area contributed by atoms with Gasteiger partial charge in [-0.2, -0.15) is 0 Å². The molecule has 1 amide bonds. The van der Waals surface area contributed by atoms with Gasteiger partial charge in [-0.15, -0.1) is 0 Å². The lowest BCUT2D eigenvalue weighted by molar-refractivity contribution is -0.137. The number of amides is 1. The van der Waals surface area contributed by atoms with Gasteiger partial charge in [0.2, 0.25) is 15.9 Å². The van der Waals surface area contributed by atoms with E-state index in [9.17, 15) is 13.2 Å². The van der Waals surface area contributed by atoms with Crippen LogP contribution in [0.5, 0.6) is 0 Å². The molecule has 1 saturated heterocycles. The van der Waals surface area contributed by atoms with Crippen LogP contribution < -0.4 is 4.72 Å². The number of hydrogen-bond acceptors (Lipinski definition) is 4. The van der Waals surface area contributed by atoms with Crippen molar-refractivity contribution in [2.75, 3.05) is 26.2 Å². The predicted molar refractivity (Wildman–Crippen MR) is 98.4 cm³/mol. The van der Waals surface area contributed by atoms with Crippen molar-refractivity contribution in [1.29, 1.82) is 0 Å². The average molecular weight is 395 g/mol. The van der Waals surface area contributed by atoms with Crippen LogP contribution in [0.2, 0.25) is 5.02 Å². The van der Waals surface area contributed by atoms with E-state index in [1.54, 1.807) is 17.0 Å². The van der Waals surface area contributed by atoms with E-state index < -0.39 is 10.0 Å². The molecule has 0 radical (unpaired) electrons. The highest BCUT2D eigenvalue weighted by Gasteiger charge is 2.26. The molecule has 1 aliphatic rings. The van der Waals surface area contributed by atoms with Crippen LogP contribution in [-0.4, -0.2) is 45.5 Å². The van der Waals surface area contributed by atoms with E-state index in [1.165, 1.54) is 12.1 Å². The lowest BCUT2D eigenvalue weighted by atomic mass is 10.1. The first-order chi connectivity index (χ1) is 12.5. The van der Waals surface area contributed by atoms with Crippen LogP contribution >= 0.6 is 11.6 Å². The number of halogens is 1. The SMILES string of the molecule is O=C(CNS(=O)(=O)c1cccc(Cl)c1)N1CCOC(c2ccccc2)C1. The number of benzene rings is 2. The number of carbonyl (C=O) groups excluding carboxylic acids is 1. The maximum Gasteiger partial charge on any atom is 0.241 e. The second-order valence-electron chi connectivity index (χ2n) is 5.89. The molecule has 0 aromatic heterocycles. The number of hydrogen-bond donors (Lipinski definition) is 1. The summed E-state index contributed by atoms with van der Waals surface area (Å²) in [7, 11) is -3.80. The number of nitrogens with one attached hydrogen (secondary N) is 1. The molecule has 2 aromatic rings. The van der Waals surface area contributed by atoms with Crippen LogP contribution in [0.25, 0.3) is 0 Å². The topological polar surface area (TPSA) is 75.7 Å². The first-order valence-corrected chi connectivity index (χ1v) is 10.0. The Bertz CT molecular complexity index is 874. The molecule has 0 saturated carbocycles. The van der Waals surface area contributed by atoms with Crippen molar-refractivity contribution in [3.8, 4) is 0 Å². The van der Waals surface area contributed by atoms with Crippen molar-refractivity contribution in [3.63, 3.8) is 0 Å². The fraction of sp³-hybridized carbons (Fsp3) is 0.278. The minimum Gasteiger partial charge on any atom is -0.370 e. The molecule has 6 nitrogen and oxygen atoms in total. The molecule has 1 unspecified atom stereocenters. The summed E-state index contributed by atoms with van der Waals surface area (Å²) < 4.78 is 32.6. The first-order valence-electron chi connectivity index (χ1n) is 8.15. The standard InChI is InChI=1S/C18H19ClN2O4S/c19-15-7-4-8-16(11-15)26(23,24)20-12-18(22)21-9-10-25-17(13-21)14-5-2-1-3-6-14/h1-8,11,17,20H,9-10,12-13H2. The van der Waals surface area contributed by atoms with Crippen LogP contribution in [-0.2, 0) is 19.6 Å². The lowest BCUT2D eigenvalue weighted by Gasteiger charge is -2.33. The number of sulfonamides is 1. The van der Waals surface area contributed by atoms with Gasteiger partial charge in [-0.05, 0) is 23.8 Å². The average Bonchev–Trinajstić information content (AvgIpc) is 2.67. The first kappa shape index (κ1) is 18.8. The molecular formula is C18H19ClN2O4S. The van der Waals surface area contributed by atoms with Gasteiger partial charge in [-0.1, -0.05) is 48.0 Å². The van der Waals surface area contributed by atoms with Crippen molar-refractivity contribution in [1.82, 2.24) is 9.62 Å². The molecular weight excluding hydrogens is 376 g/mol. The van der Waals surface area contributed by atoms with Crippen LogP contribution in [0.1, 0.15) is 11.7 Å². The highest BCUT2D eigenvalue weighted by atomic mass is 35.5. The fourth-order valence-electron chi connectivity index (χ4n) is 2.73. The zero-order valence-electron chi connectivity index (χ0n) is 14.0. The van der Waals surface area contributed by atoms with E-state index in [4.69, 9.17) is 16.3 Å². The Morgan fingerprint density at radius 3 is 2.69 bits per heavy atom. The number of rotatable bonds is 5. The van der Waals surface area contributed by atoms with E-state index in [2.05, 4.69) is 4.72 Å². The molecule has 1 atom stereocenters. The molecule has 138 valence electrons. The van der Waals surface area contributed by atoms with Crippen molar-refractivity contribution >= 4 is 27.5 Å². The van der Waals surface area contributed by atoms with E-state index in [0.29, 0.717) is 24.7 Å². The van der Waals surface area contributed by atoms with Crippen molar-refractivity contribution in [2.24, 2.45) is 0 Å². The number of nitrogens with zero attached hydrogens (tertiary/aromatic N) is 1. The van der Waals surface area contributed by atoms with Crippen molar-refractivity contribution in [3.05, 3.63) is 65.2 Å². The van der Waals surface area contributed by atoms with Crippen LogP contribution in [0.4, 0.5) is 0 Å². The van der Waals surface area contributed by atoms with Gasteiger partial charge in [-0.25, -0.2) is 13.1 Å². The summed E-state index contributed by atoms with van der Waals surface area (Å²) in [6.07, 6.45) is -0.210. The molecule has 1 aliphatic heterocycles. The van der Waals surface area contributed by atoms with Crippen molar-refractivity contribution in [2.45, 2.75) is 11.0 Å². The highest BCUT2D eigenvalue weighted by Crippen LogP contribution is 2.22. The summed E-state index contributed by atoms with van der Waals surface area (Å²) in [6, 6.07) is 15.5.